The molecule has 0 aliphatic rings. The fraction of sp³-hybridized carbons (Fsp3) is 0. The first-order valence-corrected chi connectivity index (χ1v) is 7.21. The van der Waals surface area contributed by atoms with Crippen molar-refractivity contribution in [1.82, 2.24) is 10.2 Å². The second-order valence-electron chi connectivity index (χ2n) is 4.87. The molecule has 0 aliphatic carbocycles. The molecular weight excluding hydrogens is 316 g/mol. The molecule has 0 saturated carbocycles. The summed E-state index contributed by atoms with van der Waals surface area (Å²) in [5, 5.41) is 8.85. The van der Waals surface area contributed by atoms with E-state index in [2.05, 4.69) is 10.2 Å². The van der Waals surface area contributed by atoms with Crippen LogP contribution in [0.25, 0.3) is 33.9 Å². The zero-order valence-electron chi connectivity index (χ0n) is 11.7. The highest BCUT2D eigenvalue weighted by molar-refractivity contribution is 6.33. The smallest absolute Gasteiger partial charge is 0.255 e. The van der Waals surface area contributed by atoms with Crippen molar-refractivity contribution in [2.45, 2.75) is 0 Å². The summed E-state index contributed by atoms with van der Waals surface area (Å²) in [5.74, 6) is 0.345. The van der Waals surface area contributed by atoms with Crippen LogP contribution in [0.15, 0.2) is 68.4 Å². The molecule has 4 rings (SSSR count). The summed E-state index contributed by atoms with van der Waals surface area (Å²) in [5.41, 5.74) is 1.11. The molecule has 6 heteroatoms. The number of aromatic nitrogens is 2. The van der Waals surface area contributed by atoms with E-state index < -0.39 is 0 Å². The second kappa shape index (κ2) is 5.37. The van der Waals surface area contributed by atoms with E-state index in [4.69, 9.17) is 20.4 Å². The Morgan fingerprint density at radius 3 is 2.39 bits per heavy atom. The van der Waals surface area contributed by atoms with Crippen molar-refractivity contribution in [2.24, 2.45) is 0 Å². The summed E-state index contributed by atoms with van der Waals surface area (Å²) < 4.78 is 11.1. The number of hydrogen-bond acceptors (Lipinski definition) is 5. The van der Waals surface area contributed by atoms with E-state index in [0.29, 0.717) is 21.6 Å². The third-order valence-corrected chi connectivity index (χ3v) is 3.77. The molecule has 0 aliphatic heterocycles. The molecule has 2 aromatic heterocycles. The van der Waals surface area contributed by atoms with Crippen LogP contribution >= 0.6 is 11.6 Å². The molecule has 112 valence electrons. The number of nitrogens with zero attached hydrogens (tertiary/aromatic N) is 2. The largest absolute Gasteiger partial charge is 0.463 e. The molecule has 0 bridgehead atoms. The predicted molar refractivity (Wildman–Crippen MR) is 86.2 cm³/mol. The van der Waals surface area contributed by atoms with E-state index in [0.717, 1.165) is 0 Å². The molecule has 23 heavy (non-hydrogen) atoms. The van der Waals surface area contributed by atoms with Gasteiger partial charge in [-0.3, -0.25) is 4.79 Å². The highest BCUT2D eigenvalue weighted by Gasteiger charge is 2.17. The molecule has 0 saturated heterocycles. The lowest BCUT2D eigenvalue weighted by molar-refractivity contribution is 0.570. The predicted octanol–water partition coefficient (Wildman–Crippen LogP) is 4.16. The fourth-order valence-electron chi connectivity index (χ4n) is 2.30. The third kappa shape index (κ3) is 2.31. The van der Waals surface area contributed by atoms with E-state index in [1.807, 2.05) is 6.07 Å². The maximum Gasteiger partial charge on any atom is 0.255 e. The van der Waals surface area contributed by atoms with Gasteiger partial charge in [-0.15, -0.1) is 10.2 Å². The molecule has 0 radical (unpaired) electrons. The first kappa shape index (κ1) is 13.7. The topological polar surface area (TPSA) is 69.1 Å². The molecule has 0 fully saturated rings. The van der Waals surface area contributed by atoms with Gasteiger partial charge in [-0.05, 0) is 24.3 Å². The van der Waals surface area contributed by atoms with Gasteiger partial charge in [-0.1, -0.05) is 35.9 Å². The van der Waals surface area contributed by atoms with Gasteiger partial charge in [0.2, 0.25) is 11.3 Å². The van der Waals surface area contributed by atoms with Crippen molar-refractivity contribution in [3.63, 3.8) is 0 Å². The highest BCUT2D eigenvalue weighted by Crippen LogP contribution is 2.28. The van der Waals surface area contributed by atoms with Crippen LogP contribution in [-0.4, -0.2) is 10.2 Å². The SMILES string of the molecule is O=c1c(-c2nnc(-c3ccccc3Cl)o2)coc2ccccc12. The Balaban J connectivity index is 1.85. The summed E-state index contributed by atoms with van der Waals surface area (Å²) in [7, 11) is 0. The second-order valence-corrected chi connectivity index (χ2v) is 5.27. The molecule has 5 nitrogen and oxygen atoms in total. The molecule has 4 aromatic rings. The van der Waals surface area contributed by atoms with E-state index >= 15 is 0 Å². The van der Waals surface area contributed by atoms with Crippen LogP contribution in [0.4, 0.5) is 0 Å². The van der Waals surface area contributed by atoms with Crippen molar-refractivity contribution >= 4 is 22.6 Å². The Bertz CT molecular complexity index is 1070. The van der Waals surface area contributed by atoms with Crippen molar-refractivity contribution < 1.29 is 8.83 Å². The number of rotatable bonds is 2. The summed E-state index contributed by atoms with van der Waals surface area (Å²) in [6.07, 6.45) is 1.33. The lowest BCUT2D eigenvalue weighted by Crippen LogP contribution is -2.04. The number of fused-ring (bicyclic) bond motifs is 1. The number of para-hydroxylation sites is 1. The van der Waals surface area contributed by atoms with Gasteiger partial charge in [-0.2, -0.15) is 0 Å². The first-order valence-electron chi connectivity index (χ1n) is 6.83. The van der Waals surface area contributed by atoms with E-state index in [1.165, 1.54) is 6.26 Å². The van der Waals surface area contributed by atoms with Gasteiger partial charge in [0, 0.05) is 0 Å². The standard InChI is InChI=1S/C17H9ClN2O3/c18-13-7-3-1-5-10(13)16-19-20-17(23-16)12-9-22-14-8-4-2-6-11(14)15(12)21/h1-9H. The van der Waals surface area contributed by atoms with Crippen LogP contribution in [0, 0.1) is 0 Å². The zero-order chi connectivity index (χ0) is 15.8. The Labute approximate surface area is 135 Å². The van der Waals surface area contributed by atoms with Crippen LogP contribution in [0.3, 0.4) is 0 Å². The average molecular weight is 325 g/mol. The maximum atomic E-state index is 12.5. The van der Waals surface area contributed by atoms with Crippen LogP contribution < -0.4 is 5.43 Å². The summed E-state index contributed by atoms with van der Waals surface area (Å²) >= 11 is 6.12. The number of hydrogen-bond donors (Lipinski definition) is 0. The third-order valence-electron chi connectivity index (χ3n) is 3.44. The van der Waals surface area contributed by atoms with Gasteiger partial charge in [0.1, 0.15) is 17.4 Å². The van der Waals surface area contributed by atoms with Crippen molar-refractivity contribution in [3.8, 4) is 22.9 Å². The lowest BCUT2D eigenvalue weighted by Gasteiger charge is -1.98. The summed E-state index contributed by atoms with van der Waals surface area (Å²) in [6, 6.07) is 14.1. The molecule has 0 unspecified atom stereocenters. The van der Waals surface area contributed by atoms with Gasteiger partial charge in [-0.25, -0.2) is 0 Å². The van der Waals surface area contributed by atoms with Gasteiger partial charge in [0.05, 0.1) is 16.0 Å². The maximum absolute atomic E-state index is 12.5. The average Bonchev–Trinajstić information content (AvgIpc) is 3.05. The lowest BCUT2D eigenvalue weighted by atomic mass is 10.2. The fourth-order valence-corrected chi connectivity index (χ4v) is 2.52. The monoisotopic (exact) mass is 324 g/mol. The normalized spacial score (nSPS) is 11.0. The Hall–Kier alpha value is -2.92. The van der Waals surface area contributed by atoms with Crippen LogP contribution in [-0.2, 0) is 0 Å². The summed E-state index contributed by atoms with van der Waals surface area (Å²) in [4.78, 5) is 12.5. The molecular formula is C17H9ClN2O3. The Morgan fingerprint density at radius 1 is 0.870 bits per heavy atom. The molecule has 2 aromatic carbocycles. The van der Waals surface area contributed by atoms with Gasteiger partial charge < -0.3 is 8.83 Å². The molecule has 0 atom stereocenters. The molecule has 0 spiro atoms. The van der Waals surface area contributed by atoms with Crippen LogP contribution in [0.2, 0.25) is 5.02 Å². The summed E-state index contributed by atoms with van der Waals surface area (Å²) in [6.45, 7) is 0. The quantitative estimate of drug-likeness (QED) is 0.553. The Kier molecular flexibility index (Phi) is 3.20. The number of halogens is 1. The van der Waals surface area contributed by atoms with E-state index in [9.17, 15) is 4.79 Å². The minimum absolute atomic E-state index is 0.0967. The van der Waals surface area contributed by atoms with Crippen LogP contribution in [0.5, 0.6) is 0 Å². The minimum atomic E-state index is -0.221. The van der Waals surface area contributed by atoms with E-state index in [-0.39, 0.29) is 22.8 Å². The molecule has 0 N–H and O–H groups in total. The van der Waals surface area contributed by atoms with Gasteiger partial charge in [0.15, 0.2) is 0 Å². The number of benzene rings is 2. The molecule has 2 heterocycles. The highest BCUT2D eigenvalue weighted by atomic mass is 35.5. The Morgan fingerprint density at radius 2 is 1.57 bits per heavy atom. The minimum Gasteiger partial charge on any atom is -0.463 e. The van der Waals surface area contributed by atoms with Gasteiger partial charge in [0.25, 0.3) is 5.89 Å². The van der Waals surface area contributed by atoms with Crippen molar-refractivity contribution in [2.75, 3.05) is 0 Å². The van der Waals surface area contributed by atoms with Gasteiger partial charge >= 0.3 is 0 Å². The molecule has 0 amide bonds. The van der Waals surface area contributed by atoms with E-state index in [1.54, 1.807) is 42.5 Å². The van der Waals surface area contributed by atoms with Crippen LogP contribution in [0.1, 0.15) is 0 Å². The first-order chi connectivity index (χ1) is 11.2. The van der Waals surface area contributed by atoms with Crippen molar-refractivity contribution in [3.05, 3.63) is 70.0 Å². The zero-order valence-corrected chi connectivity index (χ0v) is 12.4. The van der Waals surface area contributed by atoms with Crippen molar-refractivity contribution in [1.29, 1.82) is 0 Å².